The zero-order valence-electron chi connectivity index (χ0n) is 10.1. The van der Waals surface area contributed by atoms with Crippen molar-refractivity contribution >= 4 is 28.4 Å². The molecule has 2 atom stereocenters. The van der Waals surface area contributed by atoms with Crippen molar-refractivity contribution in [3.8, 4) is 5.75 Å². The first-order valence-electron chi connectivity index (χ1n) is 5.94. The Morgan fingerprint density at radius 2 is 2.50 bits per heavy atom. The maximum Gasteiger partial charge on any atom is 0.175 e. The van der Waals surface area contributed by atoms with Crippen LogP contribution >= 0.6 is 22.6 Å². The van der Waals surface area contributed by atoms with Crippen LogP contribution in [-0.2, 0) is 9.47 Å². The number of fused-ring (bicyclic) bond motifs is 3. The predicted molar refractivity (Wildman–Crippen MR) is 74.9 cm³/mol. The van der Waals surface area contributed by atoms with E-state index >= 15 is 0 Å². The van der Waals surface area contributed by atoms with Crippen molar-refractivity contribution in [3.05, 3.63) is 15.8 Å². The Hall–Kier alpha value is -0.600. The summed E-state index contributed by atoms with van der Waals surface area (Å²) in [6.07, 6.45) is 3.00. The number of nitrogens with zero attached hydrogens (tertiary/aromatic N) is 2. The maximum absolute atomic E-state index is 5.82. The van der Waals surface area contributed by atoms with E-state index in [1.54, 1.807) is 7.11 Å². The van der Waals surface area contributed by atoms with Crippen molar-refractivity contribution in [1.82, 2.24) is 4.98 Å². The maximum atomic E-state index is 5.82. The van der Waals surface area contributed by atoms with Gasteiger partial charge in [-0.15, -0.1) is 0 Å². The summed E-state index contributed by atoms with van der Waals surface area (Å²) in [5.41, 5.74) is 0. The van der Waals surface area contributed by atoms with Crippen LogP contribution in [0.25, 0.3) is 0 Å². The minimum Gasteiger partial charge on any atom is -0.486 e. The fourth-order valence-corrected chi connectivity index (χ4v) is 3.07. The molecule has 0 N–H and O–H groups in total. The van der Waals surface area contributed by atoms with Crippen LogP contribution in [0, 0.1) is 3.57 Å². The van der Waals surface area contributed by atoms with Crippen molar-refractivity contribution in [3.63, 3.8) is 0 Å². The number of hydrogen-bond acceptors (Lipinski definition) is 5. The van der Waals surface area contributed by atoms with Crippen molar-refractivity contribution in [2.75, 3.05) is 32.0 Å². The van der Waals surface area contributed by atoms with Gasteiger partial charge in [0, 0.05) is 19.9 Å². The first-order chi connectivity index (χ1) is 8.79. The molecule has 3 rings (SSSR count). The van der Waals surface area contributed by atoms with Gasteiger partial charge in [-0.2, -0.15) is 0 Å². The largest absolute Gasteiger partial charge is 0.486 e. The van der Waals surface area contributed by atoms with Gasteiger partial charge in [-0.05, 0) is 35.1 Å². The summed E-state index contributed by atoms with van der Waals surface area (Å²) in [6.45, 7) is 1.91. The van der Waals surface area contributed by atoms with Crippen molar-refractivity contribution in [1.29, 1.82) is 0 Å². The molecule has 1 fully saturated rings. The van der Waals surface area contributed by atoms with E-state index in [4.69, 9.17) is 14.2 Å². The van der Waals surface area contributed by atoms with E-state index in [1.165, 1.54) is 0 Å². The van der Waals surface area contributed by atoms with Gasteiger partial charge in [0.15, 0.2) is 11.6 Å². The van der Waals surface area contributed by atoms with Crippen LogP contribution in [0.3, 0.4) is 0 Å². The Morgan fingerprint density at radius 1 is 1.61 bits per heavy atom. The lowest BCUT2D eigenvalue weighted by atomic mass is 10.2. The fourth-order valence-electron chi connectivity index (χ4n) is 2.51. The van der Waals surface area contributed by atoms with Gasteiger partial charge in [0.05, 0.1) is 15.7 Å². The number of rotatable bonds is 3. The van der Waals surface area contributed by atoms with Gasteiger partial charge in [-0.3, -0.25) is 0 Å². The Morgan fingerprint density at radius 3 is 3.33 bits per heavy atom. The Kier molecular flexibility index (Phi) is 3.58. The highest BCUT2D eigenvalue weighted by atomic mass is 127. The van der Waals surface area contributed by atoms with E-state index < -0.39 is 0 Å². The standard InChI is InChI=1S/C12H15IN2O3/c1-16-7-18-9-4-8-6-17-11-10(13)2-3-14-12(11)15(8)5-9/h2-3,8-9H,4-7H2,1H3/t8-,9-/m0/s1. The number of aromatic nitrogens is 1. The molecule has 0 amide bonds. The highest BCUT2D eigenvalue weighted by Crippen LogP contribution is 2.39. The SMILES string of the molecule is COCO[C@H]1C[C@H]2COc3c(I)ccnc3N2C1. The van der Waals surface area contributed by atoms with E-state index in [0.29, 0.717) is 19.4 Å². The molecule has 0 radical (unpaired) electrons. The van der Waals surface area contributed by atoms with Crippen molar-refractivity contribution < 1.29 is 14.2 Å². The number of anilines is 1. The Bertz CT molecular complexity index is 443. The van der Waals surface area contributed by atoms with Crippen LogP contribution in [0.2, 0.25) is 0 Å². The number of methoxy groups -OCH3 is 1. The van der Waals surface area contributed by atoms with E-state index in [-0.39, 0.29) is 6.10 Å². The van der Waals surface area contributed by atoms with E-state index in [1.807, 2.05) is 12.3 Å². The molecular weight excluding hydrogens is 347 g/mol. The molecular formula is C12H15IN2O3. The van der Waals surface area contributed by atoms with Crippen LogP contribution in [0.15, 0.2) is 12.3 Å². The molecule has 0 aromatic carbocycles. The molecule has 3 heterocycles. The minimum absolute atomic E-state index is 0.198. The molecule has 1 saturated heterocycles. The van der Waals surface area contributed by atoms with E-state index in [2.05, 4.69) is 32.5 Å². The average molecular weight is 362 g/mol. The summed E-state index contributed by atoms with van der Waals surface area (Å²) in [7, 11) is 1.64. The third kappa shape index (κ3) is 2.17. The summed E-state index contributed by atoms with van der Waals surface area (Å²) in [6, 6.07) is 2.33. The van der Waals surface area contributed by atoms with Gasteiger partial charge in [0.1, 0.15) is 13.4 Å². The van der Waals surface area contributed by atoms with Gasteiger partial charge in [0.25, 0.3) is 0 Å². The fraction of sp³-hybridized carbons (Fsp3) is 0.583. The lowest BCUT2D eigenvalue weighted by molar-refractivity contribution is -0.0647. The number of pyridine rings is 1. The summed E-state index contributed by atoms with van der Waals surface area (Å²) >= 11 is 2.28. The molecule has 0 saturated carbocycles. The molecule has 0 unspecified atom stereocenters. The zero-order chi connectivity index (χ0) is 12.5. The van der Waals surface area contributed by atoms with Gasteiger partial charge in [-0.25, -0.2) is 4.98 Å². The van der Waals surface area contributed by atoms with Crippen LogP contribution < -0.4 is 9.64 Å². The second kappa shape index (κ2) is 5.18. The highest BCUT2D eigenvalue weighted by molar-refractivity contribution is 14.1. The van der Waals surface area contributed by atoms with Gasteiger partial charge >= 0.3 is 0 Å². The third-order valence-corrected chi connectivity index (χ3v) is 4.18. The molecule has 98 valence electrons. The quantitative estimate of drug-likeness (QED) is 0.604. The van der Waals surface area contributed by atoms with Crippen LogP contribution in [-0.4, -0.2) is 44.2 Å². The molecule has 2 aliphatic rings. The van der Waals surface area contributed by atoms with Gasteiger partial charge in [0.2, 0.25) is 0 Å². The van der Waals surface area contributed by atoms with Crippen molar-refractivity contribution in [2.24, 2.45) is 0 Å². The molecule has 0 bridgehead atoms. The molecule has 1 aromatic rings. The normalized spacial score (nSPS) is 25.6. The molecule has 0 spiro atoms. The highest BCUT2D eigenvalue weighted by Gasteiger charge is 2.38. The minimum atomic E-state index is 0.198. The van der Waals surface area contributed by atoms with Crippen LogP contribution in [0.1, 0.15) is 6.42 Å². The van der Waals surface area contributed by atoms with E-state index in [9.17, 15) is 0 Å². The number of halogens is 1. The van der Waals surface area contributed by atoms with Crippen molar-refractivity contribution in [2.45, 2.75) is 18.6 Å². The average Bonchev–Trinajstić information content (AvgIpc) is 2.80. The topological polar surface area (TPSA) is 43.8 Å². The smallest absolute Gasteiger partial charge is 0.175 e. The molecule has 1 aromatic heterocycles. The van der Waals surface area contributed by atoms with Gasteiger partial charge < -0.3 is 19.1 Å². The molecule has 6 heteroatoms. The lowest BCUT2D eigenvalue weighted by Gasteiger charge is -2.32. The first-order valence-corrected chi connectivity index (χ1v) is 7.02. The predicted octanol–water partition coefficient (Wildman–Crippen LogP) is 1.65. The first kappa shape index (κ1) is 12.4. The molecule has 0 aliphatic carbocycles. The number of ether oxygens (including phenoxy) is 3. The third-order valence-electron chi connectivity index (χ3n) is 3.33. The molecule has 5 nitrogen and oxygen atoms in total. The van der Waals surface area contributed by atoms with Gasteiger partial charge in [-0.1, -0.05) is 0 Å². The zero-order valence-corrected chi connectivity index (χ0v) is 12.3. The second-order valence-corrected chi connectivity index (χ2v) is 5.66. The molecule has 2 aliphatic heterocycles. The summed E-state index contributed by atoms with van der Waals surface area (Å²) in [5, 5.41) is 0. The lowest BCUT2D eigenvalue weighted by Crippen LogP contribution is -2.39. The monoisotopic (exact) mass is 362 g/mol. The summed E-state index contributed by atoms with van der Waals surface area (Å²) in [4.78, 5) is 6.74. The Balaban J connectivity index is 1.80. The molecule has 18 heavy (non-hydrogen) atoms. The van der Waals surface area contributed by atoms with Crippen LogP contribution in [0.5, 0.6) is 5.75 Å². The Labute approximate surface area is 120 Å². The summed E-state index contributed by atoms with van der Waals surface area (Å²) in [5.74, 6) is 1.85. The van der Waals surface area contributed by atoms with Crippen LogP contribution in [0.4, 0.5) is 5.82 Å². The number of hydrogen-bond donors (Lipinski definition) is 0. The summed E-state index contributed by atoms with van der Waals surface area (Å²) < 4.78 is 17.5. The van der Waals surface area contributed by atoms with E-state index in [0.717, 1.165) is 28.1 Å². The second-order valence-electron chi connectivity index (χ2n) is 4.49.